The van der Waals surface area contributed by atoms with Crippen LogP contribution in [0.2, 0.25) is 0 Å². The van der Waals surface area contributed by atoms with Crippen LogP contribution in [0.15, 0.2) is 23.1 Å². The molecule has 1 aliphatic heterocycles. The molecule has 1 aromatic carbocycles. The van der Waals surface area contributed by atoms with Gasteiger partial charge in [-0.3, -0.25) is 9.59 Å². The maximum absolute atomic E-state index is 13.6. The Morgan fingerprint density at radius 3 is 2.89 bits per heavy atom. The average molecular weight is 260 g/mol. The number of amides is 1. The zero-order valence-electron chi connectivity index (χ0n) is 10.4. The van der Waals surface area contributed by atoms with Gasteiger partial charge in [0.05, 0.1) is 5.52 Å². The van der Waals surface area contributed by atoms with Gasteiger partial charge >= 0.3 is 0 Å². The summed E-state index contributed by atoms with van der Waals surface area (Å²) in [5, 5.41) is 0.234. The Hall–Kier alpha value is -2.17. The van der Waals surface area contributed by atoms with E-state index in [1.807, 2.05) is 11.5 Å². The van der Waals surface area contributed by atoms with Crippen LogP contribution in [-0.4, -0.2) is 10.5 Å². The van der Waals surface area contributed by atoms with Gasteiger partial charge in [0.25, 0.3) is 5.91 Å². The maximum Gasteiger partial charge on any atom is 0.254 e. The first-order chi connectivity index (χ1) is 8.99. The number of hydrogen-bond acceptors (Lipinski definition) is 2. The van der Waals surface area contributed by atoms with Crippen LogP contribution >= 0.6 is 0 Å². The Morgan fingerprint density at radius 1 is 1.47 bits per heavy atom. The van der Waals surface area contributed by atoms with Gasteiger partial charge in [-0.25, -0.2) is 4.39 Å². The molecule has 1 aromatic heterocycles. The minimum atomic E-state index is -0.778. The van der Waals surface area contributed by atoms with Crippen molar-refractivity contribution in [3.63, 3.8) is 0 Å². The standard InChI is InChI=1S/C14H13FN2O2/c1-7-2-3-8-4-9(15)5-10-12(8)17(7)6-11(13(10)18)14(16)19/h4-7H,2-3H2,1H3,(H2,16,19). The number of rotatable bonds is 1. The Bertz CT molecular complexity index is 764. The largest absolute Gasteiger partial charge is 0.365 e. The molecular weight excluding hydrogens is 247 g/mol. The summed E-state index contributed by atoms with van der Waals surface area (Å²) in [5.41, 5.74) is 6.17. The first-order valence-electron chi connectivity index (χ1n) is 6.16. The zero-order chi connectivity index (χ0) is 13.7. The molecule has 1 aliphatic rings. The average Bonchev–Trinajstić information content (AvgIpc) is 2.35. The number of nitrogens with zero attached hydrogens (tertiary/aromatic N) is 1. The third-order valence-electron chi connectivity index (χ3n) is 3.74. The van der Waals surface area contributed by atoms with Gasteiger partial charge in [0.2, 0.25) is 5.43 Å². The third-order valence-corrected chi connectivity index (χ3v) is 3.74. The lowest BCUT2D eigenvalue weighted by molar-refractivity contribution is 0.0998. The number of primary amides is 1. The van der Waals surface area contributed by atoms with Crippen molar-refractivity contribution in [2.75, 3.05) is 0 Å². The molecular formula is C14H13FN2O2. The smallest absolute Gasteiger partial charge is 0.254 e. The lowest BCUT2D eigenvalue weighted by Crippen LogP contribution is -2.27. The molecule has 1 atom stereocenters. The molecule has 2 heterocycles. The first kappa shape index (κ1) is 11.9. The molecule has 2 N–H and O–H groups in total. The number of pyridine rings is 1. The van der Waals surface area contributed by atoms with E-state index >= 15 is 0 Å². The molecule has 0 spiro atoms. The van der Waals surface area contributed by atoms with Crippen LogP contribution in [0.25, 0.3) is 10.9 Å². The Balaban J connectivity index is 2.53. The van der Waals surface area contributed by atoms with Crippen LogP contribution in [0.1, 0.15) is 35.3 Å². The summed E-state index contributed by atoms with van der Waals surface area (Å²) in [4.78, 5) is 23.5. The number of benzene rings is 1. The molecule has 0 saturated carbocycles. The van der Waals surface area contributed by atoms with Gasteiger partial charge in [-0.05, 0) is 37.5 Å². The summed E-state index contributed by atoms with van der Waals surface area (Å²) in [6.07, 6.45) is 3.07. The number of carbonyl (C=O) groups is 1. The lowest BCUT2D eigenvalue weighted by atomic mass is 9.96. The van der Waals surface area contributed by atoms with Crippen molar-refractivity contribution in [3.05, 3.63) is 45.5 Å². The molecule has 0 aliphatic carbocycles. The van der Waals surface area contributed by atoms with Gasteiger partial charge in [0.15, 0.2) is 0 Å². The predicted octanol–water partition coefficient (Wildman–Crippen LogP) is 1.75. The summed E-state index contributed by atoms with van der Waals surface area (Å²) < 4.78 is 15.4. The highest BCUT2D eigenvalue weighted by Crippen LogP contribution is 2.30. The van der Waals surface area contributed by atoms with E-state index < -0.39 is 17.2 Å². The molecule has 19 heavy (non-hydrogen) atoms. The van der Waals surface area contributed by atoms with Crippen LogP contribution in [0, 0.1) is 5.82 Å². The van der Waals surface area contributed by atoms with Crippen molar-refractivity contribution in [1.82, 2.24) is 4.57 Å². The fourth-order valence-electron chi connectivity index (χ4n) is 2.76. The van der Waals surface area contributed by atoms with Crippen molar-refractivity contribution >= 4 is 16.8 Å². The van der Waals surface area contributed by atoms with E-state index in [1.54, 1.807) is 0 Å². The van der Waals surface area contributed by atoms with Gasteiger partial charge in [-0.1, -0.05) is 0 Å². The summed E-state index contributed by atoms with van der Waals surface area (Å²) >= 11 is 0. The fraction of sp³-hybridized carbons (Fsp3) is 0.286. The van der Waals surface area contributed by atoms with Crippen LogP contribution in [0.5, 0.6) is 0 Å². The molecule has 1 amide bonds. The SMILES string of the molecule is CC1CCc2cc(F)cc3c(=O)c(C(N)=O)cn1c23. The van der Waals surface area contributed by atoms with E-state index in [0.717, 1.165) is 23.9 Å². The van der Waals surface area contributed by atoms with Crippen molar-refractivity contribution in [2.24, 2.45) is 5.73 Å². The number of carbonyl (C=O) groups excluding carboxylic acids is 1. The topological polar surface area (TPSA) is 65.1 Å². The zero-order valence-corrected chi connectivity index (χ0v) is 10.4. The molecule has 98 valence electrons. The van der Waals surface area contributed by atoms with Gasteiger partial charge in [0.1, 0.15) is 11.4 Å². The van der Waals surface area contributed by atoms with Gasteiger partial charge in [0, 0.05) is 17.6 Å². The van der Waals surface area contributed by atoms with E-state index in [-0.39, 0.29) is 17.0 Å². The molecule has 2 aromatic rings. The van der Waals surface area contributed by atoms with Crippen LogP contribution in [-0.2, 0) is 6.42 Å². The molecule has 0 bridgehead atoms. The van der Waals surface area contributed by atoms with E-state index in [9.17, 15) is 14.0 Å². The van der Waals surface area contributed by atoms with E-state index in [2.05, 4.69) is 0 Å². The lowest BCUT2D eigenvalue weighted by Gasteiger charge is -2.26. The maximum atomic E-state index is 13.6. The quantitative estimate of drug-likeness (QED) is 0.848. The molecule has 0 saturated heterocycles. The molecule has 3 rings (SSSR count). The number of aryl methyl sites for hydroxylation is 1. The second-order valence-corrected chi connectivity index (χ2v) is 4.99. The highest BCUT2D eigenvalue weighted by atomic mass is 19.1. The van der Waals surface area contributed by atoms with Gasteiger partial charge in [-0.15, -0.1) is 0 Å². The molecule has 0 fully saturated rings. The summed E-state index contributed by atoms with van der Waals surface area (Å²) in [6.45, 7) is 2.00. The second-order valence-electron chi connectivity index (χ2n) is 4.99. The highest BCUT2D eigenvalue weighted by molar-refractivity contribution is 5.97. The molecule has 0 radical (unpaired) electrons. The van der Waals surface area contributed by atoms with Crippen molar-refractivity contribution in [1.29, 1.82) is 0 Å². The van der Waals surface area contributed by atoms with Crippen molar-refractivity contribution in [3.8, 4) is 0 Å². The monoisotopic (exact) mass is 260 g/mol. The van der Waals surface area contributed by atoms with Crippen molar-refractivity contribution in [2.45, 2.75) is 25.8 Å². The van der Waals surface area contributed by atoms with E-state index in [1.165, 1.54) is 18.3 Å². The van der Waals surface area contributed by atoms with Crippen LogP contribution in [0.3, 0.4) is 0 Å². The van der Waals surface area contributed by atoms with Crippen LogP contribution < -0.4 is 11.2 Å². The van der Waals surface area contributed by atoms with Crippen molar-refractivity contribution < 1.29 is 9.18 Å². The van der Waals surface area contributed by atoms with E-state index in [0.29, 0.717) is 0 Å². The predicted molar refractivity (Wildman–Crippen MR) is 69.7 cm³/mol. The second kappa shape index (κ2) is 3.91. The Morgan fingerprint density at radius 2 is 2.21 bits per heavy atom. The number of nitrogens with two attached hydrogens (primary N) is 1. The minimum absolute atomic E-state index is 0.0854. The summed E-state index contributed by atoms with van der Waals surface area (Å²) in [6, 6.07) is 2.79. The number of halogens is 1. The highest BCUT2D eigenvalue weighted by Gasteiger charge is 2.22. The van der Waals surface area contributed by atoms with E-state index in [4.69, 9.17) is 5.73 Å². The molecule has 1 unspecified atom stereocenters. The first-order valence-corrected chi connectivity index (χ1v) is 6.16. The number of aromatic nitrogens is 1. The van der Waals surface area contributed by atoms with Crippen LogP contribution in [0.4, 0.5) is 4.39 Å². The van der Waals surface area contributed by atoms with Gasteiger partial charge < -0.3 is 10.3 Å². The minimum Gasteiger partial charge on any atom is -0.365 e. The summed E-state index contributed by atoms with van der Waals surface area (Å²) in [7, 11) is 0. The normalized spacial score (nSPS) is 17.7. The van der Waals surface area contributed by atoms with Gasteiger partial charge in [-0.2, -0.15) is 0 Å². The fourth-order valence-corrected chi connectivity index (χ4v) is 2.76. The molecule has 5 heteroatoms. The third kappa shape index (κ3) is 1.65. The Labute approximate surface area is 108 Å². The number of hydrogen-bond donors (Lipinski definition) is 1. The Kier molecular flexibility index (Phi) is 2.45. The molecule has 4 nitrogen and oxygen atoms in total. The summed E-state index contributed by atoms with van der Waals surface area (Å²) in [5.74, 6) is -1.23.